The number of aromatic nitrogens is 4. The van der Waals surface area contributed by atoms with Gasteiger partial charge in [-0.15, -0.1) is 0 Å². The zero-order chi connectivity index (χ0) is 20.1. The van der Waals surface area contributed by atoms with Gasteiger partial charge in [0, 0.05) is 23.7 Å². The molecule has 0 unspecified atom stereocenters. The zero-order valence-corrected chi connectivity index (χ0v) is 14.9. The molecule has 3 rings (SSSR count). The summed E-state index contributed by atoms with van der Waals surface area (Å²) in [5, 5.41) is 9.35. The van der Waals surface area contributed by atoms with Crippen molar-refractivity contribution in [2.45, 2.75) is 13.3 Å². The predicted octanol–water partition coefficient (Wildman–Crippen LogP) is 2.25. The van der Waals surface area contributed by atoms with Crippen molar-refractivity contribution in [3.05, 3.63) is 71.3 Å². The Morgan fingerprint density at radius 2 is 1.93 bits per heavy atom. The van der Waals surface area contributed by atoms with Gasteiger partial charge in [-0.2, -0.15) is 10.1 Å². The van der Waals surface area contributed by atoms with Gasteiger partial charge in [-0.3, -0.25) is 10.3 Å². The summed E-state index contributed by atoms with van der Waals surface area (Å²) in [7, 11) is 0. The molecule has 0 saturated heterocycles. The molecule has 28 heavy (non-hydrogen) atoms. The minimum absolute atomic E-state index is 0.0257. The summed E-state index contributed by atoms with van der Waals surface area (Å²) >= 11 is 0. The molecule has 0 aliphatic carbocycles. The number of benzene rings is 1. The van der Waals surface area contributed by atoms with Crippen molar-refractivity contribution in [3.63, 3.8) is 0 Å². The molecule has 1 aromatic carbocycles. The largest absolute Gasteiger partial charge is 0.396 e. The number of anilines is 1. The Labute approximate surface area is 159 Å². The maximum Gasteiger partial charge on any atom is 0.225 e. The topological polar surface area (TPSA) is 131 Å². The van der Waals surface area contributed by atoms with Crippen LogP contribution >= 0.6 is 0 Å². The second kappa shape index (κ2) is 8.25. The molecule has 0 radical (unpaired) electrons. The molecule has 0 bridgehead atoms. The van der Waals surface area contributed by atoms with Crippen molar-refractivity contribution in [1.82, 2.24) is 20.2 Å². The van der Waals surface area contributed by atoms with Gasteiger partial charge in [0.05, 0.1) is 11.9 Å². The average molecular weight is 384 g/mol. The van der Waals surface area contributed by atoms with E-state index < -0.39 is 11.6 Å². The number of pyridine rings is 1. The number of aromatic amines is 1. The molecule has 0 atom stereocenters. The van der Waals surface area contributed by atoms with Crippen LogP contribution in [0, 0.1) is 11.6 Å². The lowest BCUT2D eigenvalue weighted by molar-refractivity contribution is 0.616. The van der Waals surface area contributed by atoms with Crippen LogP contribution in [0.25, 0.3) is 11.4 Å². The van der Waals surface area contributed by atoms with Crippen molar-refractivity contribution in [2.24, 2.45) is 16.5 Å². The number of aliphatic imine (C=N–C) groups is 1. The fourth-order valence-electron chi connectivity index (χ4n) is 2.42. The zero-order valence-electron chi connectivity index (χ0n) is 14.9. The van der Waals surface area contributed by atoms with Gasteiger partial charge in [-0.05, 0) is 18.2 Å². The highest BCUT2D eigenvalue weighted by Crippen LogP contribution is 2.27. The normalized spacial score (nSPS) is 12.6. The van der Waals surface area contributed by atoms with Gasteiger partial charge in [0.15, 0.2) is 11.6 Å². The van der Waals surface area contributed by atoms with E-state index in [1.54, 1.807) is 6.07 Å². The van der Waals surface area contributed by atoms with Crippen LogP contribution in [-0.4, -0.2) is 26.1 Å². The minimum Gasteiger partial charge on any atom is -0.396 e. The van der Waals surface area contributed by atoms with E-state index in [-0.39, 0.29) is 34.4 Å². The number of nitrogens with one attached hydrogen (secondary N) is 2. The number of guanidine groups is 1. The molecule has 0 saturated carbocycles. The molecule has 0 spiro atoms. The monoisotopic (exact) mass is 384 g/mol. The molecule has 0 fully saturated rings. The Balaban J connectivity index is 2.07. The number of nitrogens with zero attached hydrogens (tertiary/aromatic N) is 4. The maximum atomic E-state index is 14.4. The van der Waals surface area contributed by atoms with E-state index >= 15 is 0 Å². The number of nitrogens with two attached hydrogens (primary N) is 2. The van der Waals surface area contributed by atoms with Crippen LogP contribution in [0.5, 0.6) is 0 Å². The molecular weight excluding hydrogens is 366 g/mol. The fraction of sp³-hybridized carbons (Fsp3) is 0.111. The van der Waals surface area contributed by atoms with E-state index in [1.165, 1.54) is 30.5 Å². The summed E-state index contributed by atoms with van der Waals surface area (Å²) in [5.74, 6) is -0.537. The lowest BCUT2D eigenvalue weighted by Gasteiger charge is -2.11. The Morgan fingerprint density at radius 1 is 1.14 bits per heavy atom. The van der Waals surface area contributed by atoms with Crippen LogP contribution in [0.4, 0.5) is 14.7 Å². The number of hydrogen-bond acceptors (Lipinski definition) is 5. The number of rotatable bonds is 5. The van der Waals surface area contributed by atoms with Crippen molar-refractivity contribution in [3.8, 4) is 0 Å². The third-order valence-corrected chi connectivity index (χ3v) is 3.77. The molecule has 0 aliphatic heterocycles. The fourth-order valence-corrected chi connectivity index (χ4v) is 2.42. The van der Waals surface area contributed by atoms with Crippen molar-refractivity contribution in [1.29, 1.82) is 0 Å². The number of hydrogen-bond donors (Lipinski definition) is 4. The molecule has 2 heterocycles. The first-order valence-corrected chi connectivity index (χ1v) is 8.36. The minimum atomic E-state index is -0.668. The van der Waals surface area contributed by atoms with Gasteiger partial charge >= 0.3 is 0 Å². The molecule has 0 amide bonds. The summed E-state index contributed by atoms with van der Waals surface area (Å²) < 4.78 is 28.5. The number of H-pyrrole nitrogens is 1. The third kappa shape index (κ3) is 4.11. The number of aryl methyl sites for hydroxylation is 1. The highest BCUT2D eigenvalue weighted by atomic mass is 19.1. The standard InChI is InChI=1S/C18H18F2N8/c1-2-14-24-18(28-27-14)26-17(22)25-16(11-5-3-4-6-12(11)19)15(21)10-7-8-23-9-13(10)20/h3-9H,2,21H2,1H3,(H4,22,24,25,26,27,28)/b16-15-. The van der Waals surface area contributed by atoms with Crippen LogP contribution in [0.15, 0.2) is 47.7 Å². The van der Waals surface area contributed by atoms with E-state index in [4.69, 9.17) is 11.5 Å². The van der Waals surface area contributed by atoms with Gasteiger partial charge in [-0.25, -0.2) is 18.9 Å². The first-order chi connectivity index (χ1) is 13.5. The summed E-state index contributed by atoms with van der Waals surface area (Å²) in [4.78, 5) is 12.0. The Bertz CT molecular complexity index is 1040. The van der Waals surface area contributed by atoms with Crippen LogP contribution in [0.1, 0.15) is 23.9 Å². The van der Waals surface area contributed by atoms with E-state index in [0.29, 0.717) is 12.2 Å². The second-order valence-corrected chi connectivity index (χ2v) is 5.67. The lowest BCUT2D eigenvalue weighted by atomic mass is 10.1. The molecule has 8 nitrogen and oxygen atoms in total. The van der Waals surface area contributed by atoms with Crippen molar-refractivity contribution >= 4 is 23.3 Å². The summed E-state index contributed by atoms with van der Waals surface area (Å²) in [6.07, 6.45) is 3.01. The number of halogens is 2. The SMILES string of the molecule is CCc1n[nH]c(N/C(N)=N/C(=C(\N)c2ccncc2F)c2ccccc2F)n1. The molecule has 144 valence electrons. The third-order valence-electron chi connectivity index (χ3n) is 3.77. The predicted molar refractivity (Wildman–Crippen MR) is 103 cm³/mol. The van der Waals surface area contributed by atoms with Crippen LogP contribution in [0.3, 0.4) is 0 Å². The molecule has 2 aromatic heterocycles. The Morgan fingerprint density at radius 3 is 2.61 bits per heavy atom. The second-order valence-electron chi connectivity index (χ2n) is 5.67. The average Bonchev–Trinajstić information content (AvgIpc) is 3.14. The molecule has 0 aliphatic rings. The summed E-state index contributed by atoms with van der Waals surface area (Å²) in [6.45, 7) is 1.90. The highest BCUT2D eigenvalue weighted by Gasteiger charge is 2.16. The van der Waals surface area contributed by atoms with Crippen LogP contribution < -0.4 is 16.8 Å². The van der Waals surface area contributed by atoms with E-state index in [9.17, 15) is 8.78 Å². The van der Waals surface area contributed by atoms with E-state index in [2.05, 4.69) is 30.5 Å². The molecule has 10 heteroatoms. The Kier molecular flexibility index (Phi) is 5.58. The summed E-state index contributed by atoms with van der Waals surface area (Å²) in [6, 6.07) is 7.21. The smallest absolute Gasteiger partial charge is 0.225 e. The quantitative estimate of drug-likeness (QED) is 0.394. The van der Waals surface area contributed by atoms with Gasteiger partial charge in [0.25, 0.3) is 0 Å². The Hall–Kier alpha value is -3.82. The van der Waals surface area contributed by atoms with Gasteiger partial charge in [0.2, 0.25) is 11.9 Å². The maximum absolute atomic E-state index is 14.4. The highest BCUT2D eigenvalue weighted by molar-refractivity contribution is 5.99. The van der Waals surface area contributed by atoms with Crippen LogP contribution in [-0.2, 0) is 6.42 Å². The van der Waals surface area contributed by atoms with Gasteiger partial charge in [-0.1, -0.05) is 19.1 Å². The van der Waals surface area contributed by atoms with E-state index in [1.807, 2.05) is 6.92 Å². The van der Waals surface area contributed by atoms with Gasteiger partial charge in [0.1, 0.15) is 11.5 Å². The van der Waals surface area contributed by atoms with E-state index in [0.717, 1.165) is 6.20 Å². The summed E-state index contributed by atoms with van der Waals surface area (Å²) in [5.41, 5.74) is 12.0. The van der Waals surface area contributed by atoms with Crippen molar-refractivity contribution < 1.29 is 8.78 Å². The molecular formula is C18H18F2N8. The van der Waals surface area contributed by atoms with Crippen LogP contribution in [0.2, 0.25) is 0 Å². The molecule has 6 N–H and O–H groups in total. The van der Waals surface area contributed by atoms with Gasteiger partial charge < -0.3 is 11.5 Å². The van der Waals surface area contributed by atoms with Crippen molar-refractivity contribution in [2.75, 3.05) is 5.32 Å². The lowest BCUT2D eigenvalue weighted by Crippen LogP contribution is -2.23. The first kappa shape index (κ1) is 19.0. The first-order valence-electron chi connectivity index (χ1n) is 8.36. The molecule has 3 aromatic rings.